The van der Waals surface area contributed by atoms with E-state index in [1.807, 2.05) is 83.1 Å². The van der Waals surface area contributed by atoms with E-state index < -0.39 is 108 Å². The van der Waals surface area contributed by atoms with Crippen molar-refractivity contribution in [3.05, 3.63) is 247 Å². The summed E-state index contributed by atoms with van der Waals surface area (Å²) in [5.41, 5.74) is 11.5. The number of esters is 1. The Morgan fingerprint density at radius 1 is 0.562 bits per heavy atom. The summed E-state index contributed by atoms with van der Waals surface area (Å²) >= 11 is 13.5. The van der Waals surface area contributed by atoms with E-state index in [9.17, 15) is 67.9 Å². The number of pyridine rings is 2. The third-order valence-electron chi connectivity index (χ3n) is 17.7. The van der Waals surface area contributed by atoms with E-state index in [2.05, 4.69) is 98.6 Å². The number of halogens is 14. The van der Waals surface area contributed by atoms with Crippen molar-refractivity contribution in [2.24, 2.45) is 14.1 Å². The average Bonchev–Trinajstić information content (AvgIpc) is 1.64. The molecule has 47 heteroatoms. The molecule has 3 amide bonds. The molecule has 4 saturated heterocycles. The van der Waals surface area contributed by atoms with Gasteiger partial charge >= 0.3 is 66.4 Å². The third-order valence-corrected chi connectivity index (χ3v) is 19.6. The van der Waals surface area contributed by atoms with Crippen LogP contribution in [0.3, 0.4) is 0 Å². The number of carbonyl (C=O) groups excluding carboxylic acids is 5. The number of nitrogens with one attached hydrogen (secondary N) is 1. The maximum Gasteiger partial charge on any atom is 1.00 e. The van der Waals surface area contributed by atoms with Crippen LogP contribution in [0.4, 0.5) is 91.5 Å². The smallest absolute Gasteiger partial charge is 0.870 e. The van der Waals surface area contributed by atoms with Crippen molar-refractivity contribution in [1.82, 2.24) is 50.4 Å². The largest absolute Gasteiger partial charge is 1.00 e. The normalized spacial score (nSPS) is 15.1. The number of aryl methyl sites for hydroxylation is 2. The van der Waals surface area contributed by atoms with Crippen LogP contribution in [-0.4, -0.2) is 172 Å². The second-order valence-corrected chi connectivity index (χ2v) is 30.3. The Morgan fingerprint density at radius 3 is 1.47 bits per heavy atom. The van der Waals surface area contributed by atoms with Crippen LogP contribution in [-0.2, 0) is 69.8 Å². The predicted octanol–water partition coefficient (Wildman–Crippen LogP) is 12.6. The number of epoxide rings is 1. The van der Waals surface area contributed by atoms with Crippen molar-refractivity contribution in [3.8, 4) is 34.2 Å². The number of amides is 3. The molecule has 15 rings (SSSR count). The zero-order valence-corrected chi connectivity index (χ0v) is 76.4. The minimum Gasteiger partial charge on any atom is -0.870 e. The van der Waals surface area contributed by atoms with Crippen molar-refractivity contribution < 1.29 is 151 Å². The first-order valence-electron chi connectivity index (χ1n) is 37.2. The van der Waals surface area contributed by atoms with E-state index in [4.69, 9.17) is 66.3 Å². The maximum atomic E-state index is 14.7. The maximum absolute atomic E-state index is 14.7. The summed E-state index contributed by atoms with van der Waals surface area (Å²) in [4.78, 5) is 68.7. The van der Waals surface area contributed by atoms with Crippen LogP contribution in [0.5, 0.6) is 0 Å². The number of nitrogens with zero attached hydrogens (tertiary/aromatic N) is 12. The molecule has 0 saturated carbocycles. The zero-order chi connectivity index (χ0) is 92.3. The van der Waals surface area contributed by atoms with Crippen LogP contribution in [0.25, 0.3) is 34.2 Å². The number of aromatic nitrogens is 10. The van der Waals surface area contributed by atoms with Gasteiger partial charge in [-0.3, -0.25) is 29.9 Å². The fourth-order valence-corrected chi connectivity index (χ4v) is 11.3. The molecule has 0 radical (unpaired) electrons. The summed E-state index contributed by atoms with van der Waals surface area (Å²) in [5.74, 6) is -9.85. The molecule has 8 heterocycles. The summed E-state index contributed by atoms with van der Waals surface area (Å²) in [6.45, 7) is 10.7. The molecule has 676 valence electrons. The average molecular weight is 2020 g/mol. The zero-order valence-electron chi connectivity index (χ0n) is 68.9. The number of aliphatic hydroxyl groups excluding tert-OH is 2. The molecule has 4 fully saturated rings. The molecule has 0 unspecified atom stereocenters. The Morgan fingerprint density at radius 2 is 1.03 bits per heavy atom. The molecule has 4 aliphatic heterocycles. The van der Waals surface area contributed by atoms with Crippen molar-refractivity contribution in [3.63, 3.8) is 0 Å². The number of hydrogen-bond acceptors (Lipinski definition) is 26. The van der Waals surface area contributed by atoms with Crippen molar-refractivity contribution in [2.75, 3.05) is 66.1 Å². The van der Waals surface area contributed by atoms with Gasteiger partial charge in [-0.2, -0.15) is 9.59 Å². The number of tetrazole rings is 2. The van der Waals surface area contributed by atoms with Crippen molar-refractivity contribution >= 4 is 130 Å². The molecule has 0 aliphatic carbocycles. The van der Waals surface area contributed by atoms with E-state index >= 15 is 0 Å². The third kappa shape index (κ3) is 30.7. The number of aliphatic hydroxyl groups is 2. The number of anilines is 5. The molecular weight excluding hydrogens is 1940 g/mol. The fourth-order valence-electron chi connectivity index (χ4n) is 10.3. The number of cyclic esters (lactones) is 2. The van der Waals surface area contributed by atoms with Crippen LogP contribution in [0.2, 0.25) is 0 Å². The van der Waals surface area contributed by atoms with Crippen molar-refractivity contribution in [1.29, 1.82) is 0 Å². The van der Waals surface area contributed by atoms with E-state index in [1.54, 1.807) is 56.7 Å². The van der Waals surface area contributed by atoms with Gasteiger partial charge in [0.1, 0.15) is 49.5 Å². The summed E-state index contributed by atoms with van der Waals surface area (Å²) in [6, 6.07) is 39.3. The van der Waals surface area contributed by atoms with Gasteiger partial charge in [0.2, 0.25) is 11.6 Å². The first-order chi connectivity index (χ1) is 59.8. The van der Waals surface area contributed by atoms with Gasteiger partial charge in [-0.15, -0.1) is 20.4 Å². The first kappa shape index (κ1) is 106. The Kier molecular flexibility index (Phi) is 41.6. The molecule has 3 atom stereocenters. The van der Waals surface area contributed by atoms with Crippen LogP contribution < -0.4 is 61.6 Å². The number of hydrogen-bond donors (Lipinski definition) is 5. The fraction of sp³-hybridized carbons (Fsp3) is 0.272. The first-order valence-corrected chi connectivity index (χ1v) is 40.0. The Labute approximate surface area is 777 Å². The van der Waals surface area contributed by atoms with Gasteiger partial charge < -0.3 is 64.9 Å². The molecule has 11 aromatic rings. The van der Waals surface area contributed by atoms with Gasteiger partial charge in [0.25, 0.3) is 0 Å². The predicted molar refractivity (Wildman–Crippen MR) is 452 cm³/mol. The topological polar surface area (TPSA) is 416 Å². The molecule has 0 spiro atoms. The SMILES string of the molecule is CCCC(=O)OC[C@H]1CO1.Cn1nnc(-c2ccc(-c3ccc(N4C[C@H](CO)OC4=O)c(F)c3F)cn2)n1.Cn1nnc(-c2ccc(B3OC(C)(C)C(C)(C)O3)cn2)n1.Nc1ccc(Br)c(F)c1F.Nc1cccc(F)c1F.O=C(Cl)OCc1ccccc1.O=C(Nc1ccc(Br)c(F)c1F)OCc1ccccc1.O=C1O[C@@H](CO)CN1c1ccc(Br)c(F)c1F.[Na+].[OH-]. The monoisotopic (exact) mass is 2010 g/mol. The summed E-state index contributed by atoms with van der Waals surface area (Å²) in [5, 5.41) is 43.5. The number of carbonyl (C=O) groups is 5. The standard InChI is InChI=1S/C17H14F2N6O3.C14H10BrF2NO2.C13H18BN5O2.C10H8BrF2NO3.C8H7ClO2.C7H12O3.C6H4BrF2N.C6H5F2N.Na.H2O/c1-24-22-16(21-23-24)12-4-2-9(6-20-12)11-3-5-13(15(19)14(11)18)25-7-10(8-26)28-17(25)27;15-10-6-7-11(13(17)12(10)16)18-14(19)20-8-9-4-2-1-3-5-9;1-12(2)13(3,4)21-14(20-12)9-6-7-10(15-8-9)11-16-18-19(5)17-11;11-6-1-2-7(9(13)8(6)12)14-3-5(4-15)17-10(14)16;9-8(10)11-6-7-4-2-1-3-5-7;1-2-3-7(8)10-5-6-4-9-6;7-3-1-2-4(10)6(9)5(3)8;7-4-2-1-3-5(9)6(4)8;;/h2-6,10,26H,7-8H2,1H3;1-7H,8H2,(H,18,19);6-8H,1-5H3;1-2,5,15H,3-4H2;1-5H,6H2;6H,2-5H2,1H3;1-2H,10H2;1-3H,9H2;;1H2/q;;;;;;;;+1;/p-1/t10-;;;5-;;6-;;;;/m1..1.1..../s1. The van der Waals surface area contributed by atoms with Gasteiger partial charge in [0.05, 0.1) is 100 Å². The summed E-state index contributed by atoms with van der Waals surface area (Å²) in [7, 11) is 2.92. The molecular formula is C81H79BBr3ClF10N15NaO16. The minimum absolute atomic E-state index is 0. The van der Waals surface area contributed by atoms with E-state index in [1.165, 1.54) is 76.5 Å². The van der Waals surface area contributed by atoms with E-state index in [-0.39, 0.29) is 139 Å². The van der Waals surface area contributed by atoms with Gasteiger partial charge in [0, 0.05) is 47.0 Å². The minimum atomic E-state index is -1.19. The molecule has 7 aromatic carbocycles. The van der Waals surface area contributed by atoms with Crippen LogP contribution in [0.1, 0.15) is 58.6 Å². The number of nitrogens with two attached hydrogens (primary N) is 2. The van der Waals surface area contributed by atoms with Gasteiger partial charge in [-0.1, -0.05) is 85.8 Å². The Balaban J connectivity index is 0.000000232. The van der Waals surface area contributed by atoms with Crippen LogP contribution in [0, 0.1) is 58.2 Å². The number of rotatable bonds is 17. The quantitative estimate of drug-likeness (QED) is 0.00826. The second kappa shape index (κ2) is 50.2. The van der Waals surface area contributed by atoms with Crippen LogP contribution >= 0.6 is 59.4 Å². The van der Waals surface area contributed by atoms with Crippen LogP contribution in [0.15, 0.2) is 177 Å². The van der Waals surface area contributed by atoms with E-state index in [0.29, 0.717) is 41.6 Å². The molecule has 128 heavy (non-hydrogen) atoms. The molecule has 0 bridgehead atoms. The Hall–Kier alpha value is -10.8. The molecule has 4 aromatic heterocycles. The van der Waals surface area contributed by atoms with Gasteiger partial charge in [-0.25, -0.2) is 63.1 Å². The van der Waals surface area contributed by atoms with Gasteiger partial charge in [0.15, 0.2) is 58.2 Å². The second-order valence-electron chi connectivity index (χ2n) is 27.5. The van der Waals surface area contributed by atoms with Crippen molar-refractivity contribution in [2.45, 2.75) is 90.2 Å². The number of nitrogen functional groups attached to an aromatic ring is 2. The molecule has 4 aliphatic rings. The van der Waals surface area contributed by atoms with Gasteiger partial charge in [-0.05, 0) is 176 Å². The summed E-state index contributed by atoms with van der Waals surface area (Å²) < 4.78 is 173. The summed E-state index contributed by atoms with van der Waals surface area (Å²) in [6.07, 6.45) is 0.683. The molecule has 31 nitrogen and oxygen atoms in total. The van der Waals surface area contributed by atoms with E-state index in [0.717, 1.165) is 45.5 Å². The Bertz CT molecular complexity index is 5480. The number of benzene rings is 7. The number of ether oxygens (including phenoxy) is 6. The molecule has 8 N–H and O–H groups in total.